The summed E-state index contributed by atoms with van der Waals surface area (Å²) in [6.45, 7) is 0.197. The first kappa shape index (κ1) is 25.8. The molecule has 9 nitrogen and oxygen atoms in total. The van der Waals surface area contributed by atoms with Crippen molar-refractivity contribution in [3.8, 4) is 11.5 Å². The Balaban J connectivity index is 1.27. The van der Waals surface area contributed by atoms with E-state index in [0.29, 0.717) is 22.5 Å². The summed E-state index contributed by atoms with van der Waals surface area (Å²) >= 11 is 1.28. The minimum Gasteiger partial charge on any atom is -0.493 e. The molecule has 2 N–H and O–H groups in total. The van der Waals surface area contributed by atoms with Crippen molar-refractivity contribution in [2.75, 3.05) is 25.3 Å². The lowest BCUT2D eigenvalue weighted by Gasteiger charge is -2.08. The summed E-state index contributed by atoms with van der Waals surface area (Å²) in [7, 11) is 4.92. The summed E-state index contributed by atoms with van der Waals surface area (Å²) in [6, 6.07) is 19.2. The van der Waals surface area contributed by atoms with Crippen molar-refractivity contribution in [2.45, 2.75) is 11.7 Å². The van der Waals surface area contributed by atoms with E-state index in [4.69, 9.17) is 9.47 Å². The summed E-state index contributed by atoms with van der Waals surface area (Å²) in [5.74, 6) is 1.54. The zero-order chi connectivity index (χ0) is 26.2. The second-order valence-corrected chi connectivity index (χ2v) is 8.96. The normalized spacial score (nSPS) is 11.0. The highest BCUT2D eigenvalue weighted by Gasteiger charge is 2.12. The van der Waals surface area contributed by atoms with Gasteiger partial charge in [-0.15, -0.1) is 10.2 Å². The predicted molar refractivity (Wildman–Crippen MR) is 145 cm³/mol. The van der Waals surface area contributed by atoms with Crippen LogP contribution in [0.15, 0.2) is 71.9 Å². The number of fused-ring (bicyclic) bond motifs is 1. The van der Waals surface area contributed by atoms with Gasteiger partial charge in [0.25, 0.3) is 0 Å². The molecule has 0 aliphatic heterocycles. The molecule has 190 valence electrons. The van der Waals surface area contributed by atoms with Crippen LogP contribution in [0.3, 0.4) is 0 Å². The maximum atomic E-state index is 12.5. The minimum atomic E-state index is -0.276. The van der Waals surface area contributed by atoms with E-state index in [0.717, 1.165) is 22.0 Å². The van der Waals surface area contributed by atoms with Crippen molar-refractivity contribution in [3.05, 3.63) is 78.1 Å². The molecule has 0 radical (unpaired) electrons. The Hall–Kier alpha value is -4.31. The molecule has 37 heavy (non-hydrogen) atoms. The van der Waals surface area contributed by atoms with Gasteiger partial charge in [0, 0.05) is 18.8 Å². The highest BCUT2D eigenvalue weighted by atomic mass is 32.2. The minimum absolute atomic E-state index is 0.140. The van der Waals surface area contributed by atoms with Crippen LogP contribution in [-0.2, 0) is 23.2 Å². The van der Waals surface area contributed by atoms with Crippen molar-refractivity contribution in [3.63, 3.8) is 0 Å². The Morgan fingerprint density at radius 2 is 1.76 bits per heavy atom. The van der Waals surface area contributed by atoms with Crippen molar-refractivity contribution < 1.29 is 19.1 Å². The van der Waals surface area contributed by atoms with E-state index in [1.165, 1.54) is 17.8 Å². The zero-order valence-corrected chi connectivity index (χ0v) is 21.5. The number of ether oxygens (including phenoxy) is 2. The molecule has 1 heterocycles. The van der Waals surface area contributed by atoms with E-state index in [2.05, 4.69) is 20.8 Å². The van der Waals surface area contributed by atoms with Gasteiger partial charge in [-0.25, -0.2) is 0 Å². The molecule has 0 spiro atoms. The lowest BCUT2D eigenvalue weighted by molar-refractivity contribution is -0.116. The Bertz CT molecular complexity index is 1450. The summed E-state index contributed by atoms with van der Waals surface area (Å²) in [6.07, 6.45) is 3.12. The van der Waals surface area contributed by atoms with Gasteiger partial charge in [0.05, 0.1) is 26.5 Å². The fourth-order valence-corrected chi connectivity index (χ4v) is 4.30. The molecule has 3 aromatic carbocycles. The molecule has 10 heteroatoms. The van der Waals surface area contributed by atoms with E-state index in [9.17, 15) is 9.59 Å². The lowest BCUT2D eigenvalue weighted by Crippen LogP contribution is -2.22. The average molecular weight is 518 g/mol. The lowest BCUT2D eigenvalue weighted by atomic mass is 10.1. The van der Waals surface area contributed by atoms with Gasteiger partial charge in [-0.05, 0) is 46.7 Å². The molecule has 0 aliphatic rings. The maximum Gasteiger partial charge on any atom is 0.244 e. The average Bonchev–Trinajstić information content (AvgIpc) is 3.28. The number of aromatic nitrogens is 3. The Kier molecular flexibility index (Phi) is 8.42. The molecule has 0 bridgehead atoms. The molecule has 0 saturated heterocycles. The summed E-state index contributed by atoms with van der Waals surface area (Å²) in [4.78, 5) is 24.7. The first-order valence-corrected chi connectivity index (χ1v) is 12.4. The number of nitrogens with zero attached hydrogens (tertiary/aromatic N) is 3. The molecular weight excluding hydrogens is 490 g/mol. The third-order valence-corrected chi connectivity index (χ3v) is 6.57. The van der Waals surface area contributed by atoms with Crippen LogP contribution in [0.25, 0.3) is 16.8 Å². The molecule has 0 saturated carbocycles. The van der Waals surface area contributed by atoms with Crippen LogP contribution in [0.5, 0.6) is 11.5 Å². The van der Waals surface area contributed by atoms with Gasteiger partial charge in [-0.1, -0.05) is 48.2 Å². The highest BCUT2D eigenvalue weighted by Crippen LogP contribution is 2.28. The fraction of sp³-hybridized carbons (Fsp3) is 0.185. The standard InChI is InChI=1S/C27H27N5O4S/c1-32-24(16-28-25(33)13-9-18-8-12-22(35-2)23(14-18)36-3)30-31-27(32)37-17-26(34)29-21-11-10-19-6-4-5-7-20(19)15-21/h4-15H,16-17H2,1-3H3,(H,28,33)(H,29,34)/b13-9+. The summed E-state index contributed by atoms with van der Waals surface area (Å²) < 4.78 is 12.3. The Labute approximate surface area is 218 Å². The molecule has 0 fully saturated rings. The van der Waals surface area contributed by atoms with E-state index in [1.54, 1.807) is 44.0 Å². The number of nitrogens with one attached hydrogen (secondary N) is 2. The first-order chi connectivity index (χ1) is 18.0. The second kappa shape index (κ2) is 12.1. The van der Waals surface area contributed by atoms with Crippen molar-refractivity contribution in [2.24, 2.45) is 7.05 Å². The van der Waals surface area contributed by atoms with Crippen molar-refractivity contribution >= 4 is 46.1 Å². The number of anilines is 1. The highest BCUT2D eigenvalue weighted by molar-refractivity contribution is 7.99. The molecule has 0 atom stereocenters. The van der Waals surface area contributed by atoms with Crippen LogP contribution >= 0.6 is 11.8 Å². The SMILES string of the molecule is COc1ccc(/C=C/C(=O)NCc2nnc(SCC(=O)Nc3ccc4ccccc4c3)n2C)cc1OC. The van der Waals surface area contributed by atoms with Gasteiger partial charge in [0.2, 0.25) is 11.8 Å². The fourth-order valence-electron chi connectivity index (χ4n) is 3.57. The summed E-state index contributed by atoms with van der Waals surface area (Å²) in [5.41, 5.74) is 1.54. The Morgan fingerprint density at radius 3 is 2.54 bits per heavy atom. The van der Waals surface area contributed by atoms with E-state index in [-0.39, 0.29) is 24.1 Å². The molecule has 2 amide bonds. The van der Waals surface area contributed by atoms with Crippen LogP contribution in [0.1, 0.15) is 11.4 Å². The van der Waals surface area contributed by atoms with Gasteiger partial charge in [0.15, 0.2) is 22.5 Å². The third-order valence-electron chi connectivity index (χ3n) is 5.55. The first-order valence-electron chi connectivity index (χ1n) is 11.4. The van der Waals surface area contributed by atoms with E-state index in [1.807, 2.05) is 48.5 Å². The van der Waals surface area contributed by atoms with Gasteiger partial charge in [0.1, 0.15) is 0 Å². The van der Waals surface area contributed by atoms with Crippen molar-refractivity contribution in [1.82, 2.24) is 20.1 Å². The summed E-state index contributed by atoms with van der Waals surface area (Å²) in [5, 5.41) is 16.7. The molecule has 0 unspecified atom stereocenters. The number of thioether (sulfide) groups is 1. The number of carbonyl (C=O) groups excluding carboxylic acids is 2. The molecule has 4 aromatic rings. The second-order valence-electron chi connectivity index (χ2n) is 8.02. The number of methoxy groups -OCH3 is 2. The zero-order valence-electron chi connectivity index (χ0n) is 20.7. The van der Waals surface area contributed by atoms with Crippen LogP contribution < -0.4 is 20.1 Å². The number of hydrogen-bond acceptors (Lipinski definition) is 7. The van der Waals surface area contributed by atoms with Gasteiger partial charge in [-0.2, -0.15) is 0 Å². The molecule has 0 aliphatic carbocycles. The van der Waals surface area contributed by atoms with E-state index >= 15 is 0 Å². The van der Waals surface area contributed by atoms with Crippen LogP contribution in [0, 0.1) is 0 Å². The van der Waals surface area contributed by atoms with Crippen LogP contribution in [0.4, 0.5) is 5.69 Å². The maximum absolute atomic E-state index is 12.5. The molecule has 1 aromatic heterocycles. The number of carbonyl (C=O) groups is 2. The smallest absolute Gasteiger partial charge is 0.244 e. The molecular formula is C27H27N5O4S. The monoisotopic (exact) mass is 517 g/mol. The van der Waals surface area contributed by atoms with Crippen molar-refractivity contribution in [1.29, 1.82) is 0 Å². The Morgan fingerprint density at radius 1 is 0.973 bits per heavy atom. The third kappa shape index (κ3) is 6.68. The number of amides is 2. The number of rotatable bonds is 10. The molecule has 4 rings (SSSR count). The van der Waals surface area contributed by atoms with Crippen LogP contribution in [-0.4, -0.2) is 46.6 Å². The van der Waals surface area contributed by atoms with Gasteiger partial charge in [-0.3, -0.25) is 9.59 Å². The predicted octanol–water partition coefficient (Wildman–Crippen LogP) is 4.05. The van der Waals surface area contributed by atoms with E-state index < -0.39 is 0 Å². The van der Waals surface area contributed by atoms with Crippen LogP contribution in [0.2, 0.25) is 0 Å². The number of hydrogen-bond donors (Lipinski definition) is 2. The van der Waals surface area contributed by atoms with Gasteiger partial charge >= 0.3 is 0 Å². The topological polar surface area (TPSA) is 107 Å². The largest absolute Gasteiger partial charge is 0.493 e. The quantitative estimate of drug-likeness (QED) is 0.241. The van der Waals surface area contributed by atoms with Gasteiger partial charge < -0.3 is 24.7 Å². The number of benzene rings is 3.